The van der Waals surface area contributed by atoms with Crippen LogP contribution >= 0.6 is 22.6 Å². The molecule has 8 heteroatoms. The molecule has 0 saturated heterocycles. The summed E-state index contributed by atoms with van der Waals surface area (Å²) in [7, 11) is -2.43. The van der Waals surface area contributed by atoms with E-state index >= 15 is 0 Å². The minimum absolute atomic E-state index is 0.118. The maximum absolute atomic E-state index is 13.4. The van der Waals surface area contributed by atoms with Crippen molar-refractivity contribution in [3.8, 4) is 5.75 Å². The van der Waals surface area contributed by atoms with E-state index in [1.165, 1.54) is 7.11 Å². The lowest BCUT2D eigenvalue weighted by atomic mass is 10.2. The molecule has 6 nitrogen and oxygen atoms in total. The van der Waals surface area contributed by atoms with Crippen LogP contribution in [0.1, 0.15) is 11.1 Å². The van der Waals surface area contributed by atoms with Crippen LogP contribution in [-0.2, 0) is 14.8 Å². The second-order valence-corrected chi connectivity index (χ2v) is 10.1. The third kappa shape index (κ3) is 5.56. The Hall–Kier alpha value is -2.59. The average molecular weight is 550 g/mol. The Morgan fingerprint density at radius 1 is 1.00 bits per heavy atom. The predicted molar refractivity (Wildman–Crippen MR) is 131 cm³/mol. The normalized spacial score (nSPS) is 11.1. The molecular weight excluding hydrogens is 527 g/mol. The molecule has 0 bridgehead atoms. The molecular formula is C23H23IN2O4S. The Balaban J connectivity index is 1.94. The molecule has 3 aromatic carbocycles. The van der Waals surface area contributed by atoms with Crippen LogP contribution in [0, 0.1) is 17.4 Å². The van der Waals surface area contributed by atoms with E-state index in [2.05, 4.69) is 27.9 Å². The number of anilines is 2. The Labute approximate surface area is 196 Å². The van der Waals surface area contributed by atoms with Gasteiger partial charge in [-0.1, -0.05) is 17.7 Å². The molecule has 1 N–H and O–H groups in total. The van der Waals surface area contributed by atoms with Crippen molar-refractivity contribution >= 4 is 49.9 Å². The molecule has 0 aromatic heterocycles. The van der Waals surface area contributed by atoms with Gasteiger partial charge < -0.3 is 10.1 Å². The van der Waals surface area contributed by atoms with E-state index in [1.54, 1.807) is 54.6 Å². The number of amides is 1. The fourth-order valence-electron chi connectivity index (χ4n) is 2.99. The number of sulfonamides is 1. The third-order valence-electron chi connectivity index (χ3n) is 4.72. The average Bonchev–Trinajstić information content (AvgIpc) is 2.74. The van der Waals surface area contributed by atoms with Gasteiger partial charge in [0.15, 0.2) is 0 Å². The van der Waals surface area contributed by atoms with Crippen LogP contribution in [-0.4, -0.2) is 28.0 Å². The van der Waals surface area contributed by atoms with Gasteiger partial charge in [-0.3, -0.25) is 9.10 Å². The summed E-state index contributed by atoms with van der Waals surface area (Å²) in [5, 5.41) is 2.82. The number of halogens is 1. The number of nitrogens with zero attached hydrogens (tertiary/aromatic N) is 1. The molecule has 162 valence electrons. The molecule has 31 heavy (non-hydrogen) atoms. The Bertz CT molecular complexity index is 1180. The zero-order chi connectivity index (χ0) is 22.6. The first-order valence-corrected chi connectivity index (χ1v) is 12.0. The van der Waals surface area contributed by atoms with Crippen LogP contribution in [0.25, 0.3) is 0 Å². The summed E-state index contributed by atoms with van der Waals surface area (Å²) in [6, 6.07) is 18.7. The summed E-state index contributed by atoms with van der Waals surface area (Å²) >= 11 is 2.20. The lowest BCUT2D eigenvalue weighted by Crippen LogP contribution is -2.38. The topological polar surface area (TPSA) is 75.7 Å². The predicted octanol–water partition coefficient (Wildman–Crippen LogP) is 4.75. The minimum atomic E-state index is -3.96. The van der Waals surface area contributed by atoms with Crippen LogP contribution in [0.3, 0.4) is 0 Å². The summed E-state index contributed by atoms with van der Waals surface area (Å²) in [6.07, 6.45) is 0. The van der Waals surface area contributed by atoms with Gasteiger partial charge in [-0.15, -0.1) is 0 Å². The summed E-state index contributed by atoms with van der Waals surface area (Å²) < 4.78 is 34.1. The van der Waals surface area contributed by atoms with Gasteiger partial charge >= 0.3 is 0 Å². The van der Waals surface area contributed by atoms with Gasteiger partial charge in [-0.2, -0.15) is 0 Å². The lowest BCUT2D eigenvalue weighted by molar-refractivity contribution is -0.114. The largest absolute Gasteiger partial charge is 0.497 e. The molecule has 0 aliphatic carbocycles. The maximum atomic E-state index is 13.4. The first-order valence-electron chi connectivity index (χ1n) is 9.50. The highest BCUT2D eigenvalue weighted by Crippen LogP contribution is 2.26. The highest BCUT2D eigenvalue weighted by atomic mass is 127. The van der Waals surface area contributed by atoms with Gasteiger partial charge in [0.25, 0.3) is 10.0 Å². The summed E-state index contributed by atoms with van der Waals surface area (Å²) in [4.78, 5) is 13.0. The molecule has 0 heterocycles. The molecule has 3 aromatic rings. The van der Waals surface area contributed by atoms with Gasteiger partial charge in [0, 0.05) is 9.26 Å². The number of rotatable bonds is 7. The van der Waals surface area contributed by atoms with E-state index in [4.69, 9.17) is 4.74 Å². The fourth-order valence-corrected chi connectivity index (χ4v) is 5.06. The van der Waals surface area contributed by atoms with E-state index in [1.807, 2.05) is 26.0 Å². The van der Waals surface area contributed by atoms with Gasteiger partial charge in [0.05, 0.1) is 17.7 Å². The smallest absolute Gasteiger partial charge is 0.264 e. The first-order chi connectivity index (χ1) is 14.7. The molecule has 0 aliphatic rings. The Morgan fingerprint density at radius 3 is 2.23 bits per heavy atom. The van der Waals surface area contributed by atoms with Crippen LogP contribution in [0.15, 0.2) is 71.6 Å². The zero-order valence-electron chi connectivity index (χ0n) is 17.4. The molecule has 0 unspecified atom stereocenters. The summed E-state index contributed by atoms with van der Waals surface area (Å²) in [5.74, 6) is 0.159. The molecule has 1 amide bonds. The standard InChI is InChI=1S/C23H23IN2O4S/c1-16-4-11-21(12-5-16)31(28,29)26(19-7-9-20(30-3)10-8-19)15-23(27)25-22-13-6-18(24)14-17(22)2/h4-14H,15H2,1-3H3,(H,25,27). The van der Waals surface area contributed by atoms with E-state index in [0.29, 0.717) is 17.1 Å². The van der Waals surface area contributed by atoms with E-state index in [9.17, 15) is 13.2 Å². The first kappa shape index (κ1) is 23.1. The van der Waals surface area contributed by atoms with E-state index < -0.39 is 15.9 Å². The summed E-state index contributed by atoms with van der Waals surface area (Å²) in [6.45, 7) is 3.41. The van der Waals surface area contributed by atoms with Crippen molar-refractivity contribution in [2.24, 2.45) is 0 Å². The molecule has 0 saturated carbocycles. The highest BCUT2D eigenvalue weighted by molar-refractivity contribution is 14.1. The van der Waals surface area contributed by atoms with Gasteiger partial charge in [0.2, 0.25) is 5.91 Å². The minimum Gasteiger partial charge on any atom is -0.497 e. The van der Waals surface area contributed by atoms with Crippen molar-refractivity contribution in [2.75, 3.05) is 23.3 Å². The van der Waals surface area contributed by atoms with Crippen LogP contribution in [0.5, 0.6) is 5.75 Å². The SMILES string of the molecule is COc1ccc(N(CC(=O)Nc2ccc(I)cc2C)S(=O)(=O)c2ccc(C)cc2)cc1. The number of carbonyl (C=O) groups excluding carboxylic acids is 1. The molecule has 0 fully saturated rings. The number of hydrogen-bond donors (Lipinski definition) is 1. The molecule has 0 atom stereocenters. The second-order valence-electron chi connectivity index (χ2n) is 7.03. The number of ether oxygens (including phenoxy) is 1. The Morgan fingerprint density at radius 2 is 1.65 bits per heavy atom. The molecule has 3 rings (SSSR count). The number of methoxy groups -OCH3 is 1. The van der Waals surface area contributed by atoms with Crippen molar-refractivity contribution in [3.05, 3.63) is 81.4 Å². The van der Waals surface area contributed by atoms with Crippen molar-refractivity contribution in [2.45, 2.75) is 18.7 Å². The summed E-state index contributed by atoms with van der Waals surface area (Å²) in [5.41, 5.74) is 2.86. The fraction of sp³-hybridized carbons (Fsp3) is 0.174. The second kappa shape index (κ2) is 9.69. The van der Waals surface area contributed by atoms with Crippen LogP contribution in [0.4, 0.5) is 11.4 Å². The number of hydrogen-bond acceptors (Lipinski definition) is 4. The number of carbonyl (C=O) groups is 1. The van der Waals surface area contributed by atoms with Gasteiger partial charge in [0.1, 0.15) is 12.3 Å². The van der Waals surface area contributed by atoms with Gasteiger partial charge in [-0.05, 0) is 96.6 Å². The molecule has 0 aliphatic heterocycles. The maximum Gasteiger partial charge on any atom is 0.264 e. The highest BCUT2D eigenvalue weighted by Gasteiger charge is 2.27. The van der Waals surface area contributed by atoms with Crippen molar-refractivity contribution in [3.63, 3.8) is 0 Å². The van der Waals surface area contributed by atoms with Crippen LogP contribution < -0.4 is 14.4 Å². The Kier molecular flexibility index (Phi) is 7.22. The number of aryl methyl sites for hydroxylation is 2. The van der Waals surface area contributed by atoms with Crippen molar-refractivity contribution in [1.29, 1.82) is 0 Å². The zero-order valence-corrected chi connectivity index (χ0v) is 20.4. The molecule has 0 radical (unpaired) electrons. The third-order valence-corrected chi connectivity index (χ3v) is 7.18. The molecule has 0 spiro atoms. The number of nitrogens with one attached hydrogen (secondary N) is 1. The lowest BCUT2D eigenvalue weighted by Gasteiger charge is -2.24. The monoisotopic (exact) mass is 550 g/mol. The van der Waals surface area contributed by atoms with E-state index in [0.717, 1.165) is 19.0 Å². The van der Waals surface area contributed by atoms with Crippen molar-refractivity contribution in [1.82, 2.24) is 0 Å². The van der Waals surface area contributed by atoms with Gasteiger partial charge in [-0.25, -0.2) is 8.42 Å². The van der Waals surface area contributed by atoms with E-state index in [-0.39, 0.29) is 11.4 Å². The number of benzene rings is 3. The van der Waals surface area contributed by atoms with Crippen molar-refractivity contribution < 1.29 is 17.9 Å². The quantitative estimate of drug-likeness (QED) is 0.431. The van der Waals surface area contributed by atoms with Crippen LogP contribution in [0.2, 0.25) is 0 Å².